The smallest absolute Gasteiger partial charge is 0.341 e. The number of carbonyl (C=O) groups is 2. The Hall–Kier alpha value is -4.72. The van der Waals surface area contributed by atoms with Crippen molar-refractivity contribution in [3.63, 3.8) is 0 Å². The summed E-state index contributed by atoms with van der Waals surface area (Å²) in [4.78, 5) is 40.9. The van der Waals surface area contributed by atoms with E-state index in [4.69, 9.17) is 9.47 Å². The number of aryl methyl sites for hydroxylation is 2. The fourth-order valence-electron chi connectivity index (χ4n) is 9.45. The van der Waals surface area contributed by atoms with Gasteiger partial charge in [-0.1, -0.05) is 80.2 Å². The van der Waals surface area contributed by atoms with Crippen molar-refractivity contribution < 1.29 is 19.1 Å². The lowest BCUT2D eigenvalue weighted by Gasteiger charge is -2.23. The molecule has 0 bridgehead atoms. The standard InChI is InChI=1S/C23H28N2O2.C22H26N2O2/c1-14-9-17-18(22(4,5)13-21(17,2)3)10-16(14)23(7-8-23)20-24-11-15(12-25-20)19(26)27-6;1-13-8-17-18(22(5,6)12-21(17,3)4)9-16(13)14(2)19-23-10-15(11-24-19)20(25)26-7/h9-12H,7-8,13H2,1-6H3;8-11H,2,12H2,1,3-7H3. The molecule has 4 aromatic rings. The number of carbonyl (C=O) groups excluding carboxylic acids is 2. The molecule has 0 saturated heterocycles. The van der Waals surface area contributed by atoms with Crippen molar-refractivity contribution in [2.75, 3.05) is 14.2 Å². The summed E-state index contributed by atoms with van der Waals surface area (Å²) in [6, 6.07) is 9.35. The minimum Gasteiger partial charge on any atom is -0.465 e. The van der Waals surface area contributed by atoms with Crippen molar-refractivity contribution in [3.8, 4) is 0 Å². The highest BCUT2D eigenvalue weighted by Gasteiger charge is 2.51. The lowest BCUT2D eigenvalue weighted by molar-refractivity contribution is 0.0590. The monoisotopic (exact) mass is 714 g/mol. The molecule has 3 aliphatic rings. The van der Waals surface area contributed by atoms with Crippen LogP contribution in [0, 0.1) is 13.8 Å². The Morgan fingerprint density at radius 1 is 0.585 bits per heavy atom. The second-order valence-corrected chi connectivity index (χ2v) is 17.9. The van der Waals surface area contributed by atoms with Crippen LogP contribution in [0.3, 0.4) is 0 Å². The van der Waals surface area contributed by atoms with Crippen molar-refractivity contribution in [3.05, 3.63) is 123 Å². The molecular formula is C45H54N4O4. The zero-order valence-electron chi connectivity index (χ0n) is 33.6. The van der Waals surface area contributed by atoms with Gasteiger partial charge in [0.2, 0.25) is 0 Å². The van der Waals surface area contributed by atoms with Crippen LogP contribution in [0.1, 0.15) is 158 Å². The fourth-order valence-corrected chi connectivity index (χ4v) is 9.45. The summed E-state index contributed by atoms with van der Waals surface area (Å²) in [7, 11) is 2.71. The van der Waals surface area contributed by atoms with Crippen molar-refractivity contribution in [1.29, 1.82) is 0 Å². The van der Waals surface area contributed by atoms with Gasteiger partial charge in [0, 0.05) is 30.4 Å². The molecule has 278 valence electrons. The summed E-state index contributed by atoms with van der Waals surface area (Å²) in [5, 5.41) is 0. The third-order valence-corrected chi connectivity index (χ3v) is 11.8. The zero-order valence-corrected chi connectivity index (χ0v) is 33.6. The molecule has 2 heterocycles. The fraction of sp³-hybridized carbons (Fsp3) is 0.467. The summed E-state index contributed by atoms with van der Waals surface area (Å²) in [6.45, 7) is 27.1. The number of aromatic nitrogens is 4. The maximum absolute atomic E-state index is 11.7. The first kappa shape index (κ1) is 38.0. The molecule has 2 aromatic heterocycles. The van der Waals surface area contributed by atoms with Gasteiger partial charge >= 0.3 is 11.9 Å². The molecule has 2 aromatic carbocycles. The van der Waals surface area contributed by atoms with Crippen LogP contribution in [0.25, 0.3) is 5.57 Å². The van der Waals surface area contributed by atoms with Gasteiger partial charge in [0.05, 0.1) is 30.8 Å². The summed E-state index contributed by atoms with van der Waals surface area (Å²) in [6.07, 6.45) is 10.5. The minimum absolute atomic E-state index is 0.115. The number of benzene rings is 2. The van der Waals surface area contributed by atoms with Gasteiger partial charge in [-0.3, -0.25) is 0 Å². The van der Waals surface area contributed by atoms with Gasteiger partial charge in [0.1, 0.15) is 5.82 Å². The maximum atomic E-state index is 11.7. The van der Waals surface area contributed by atoms with Crippen molar-refractivity contribution in [2.24, 2.45) is 0 Å². The van der Waals surface area contributed by atoms with E-state index in [9.17, 15) is 9.59 Å². The SMILES string of the molecule is C=C(c1ncc(C(=O)OC)cn1)c1cc2c(cc1C)C(C)(C)CC2(C)C.COC(=O)c1cnc(C2(c3cc4c(cc3C)C(C)(C)CC4(C)C)CC2)nc1. The first-order valence-electron chi connectivity index (χ1n) is 18.5. The molecule has 0 N–H and O–H groups in total. The number of rotatable bonds is 6. The Kier molecular flexibility index (Phi) is 9.32. The molecule has 1 fully saturated rings. The number of nitrogens with zero attached hydrogens (tertiary/aromatic N) is 4. The molecule has 0 atom stereocenters. The molecule has 0 amide bonds. The van der Waals surface area contributed by atoms with Crippen molar-refractivity contribution in [1.82, 2.24) is 19.9 Å². The van der Waals surface area contributed by atoms with Gasteiger partial charge in [0.15, 0.2) is 5.82 Å². The zero-order chi connectivity index (χ0) is 38.9. The van der Waals surface area contributed by atoms with Gasteiger partial charge in [-0.2, -0.15) is 0 Å². The van der Waals surface area contributed by atoms with Gasteiger partial charge in [-0.15, -0.1) is 0 Å². The second-order valence-electron chi connectivity index (χ2n) is 17.9. The number of hydrogen-bond donors (Lipinski definition) is 0. The summed E-state index contributed by atoms with van der Waals surface area (Å²) in [5.74, 6) is 0.493. The largest absolute Gasteiger partial charge is 0.465 e. The van der Waals surface area contributed by atoms with E-state index >= 15 is 0 Å². The lowest BCUT2D eigenvalue weighted by Crippen LogP contribution is -2.18. The molecule has 8 nitrogen and oxygen atoms in total. The highest BCUT2D eigenvalue weighted by molar-refractivity contribution is 5.89. The number of esters is 2. The van der Waals surface area contributed by atoms with E-state index in [1.165, 1.54) is 65.6 Å². The molecule has 0 radical (unpaired) electrons. The molecule has 7 rings (SSSR count). The average molecular weight is 715 g/mol. The topological polar surface area (TPSA) is 104 Å². The van der Waals surface area contributed by atoms with E-state index in [0.717, 1.165) is 42.6 Å². The number of fused-ring (bicyclic) bond motifs is 2. The van der Waals surface area contributed by atoms with Crippen molar-refractivity contribution in [2.45, 2.75) is 122 Å². The molecular weight excluding hydrogens is 661 g/mol. The van der Waals surface area contributed by atoms with Gasteiger partial charge in [-0.05, 0) is 112 Å². The molecule has 8 heteroatoms. The summed E-state index contributed by atoms with van der Waals surface area (Å²) < 4.78 is 9.45. The second kappa shape index (κ2) is 13.0. The third-order valence-electron chi connectivity index (χ3n) is 11.8. The predicted molar refractivity (Wildman–Crippen MR) is 209 cm³/mol. The Labute approximate surface area is 314 Å². The molecule has 0 aliphatic heterocycles. The van der Waals surface area contributed by atoms with Crippen LogP contribution in [0.5, 0.6) is 0 Å². The van der Waals surface area contributed by atoms with Crippen LogP contribution >= 0.6 is 0 Å². The van der Waals surface area contributed by atoms with Gasteiger partial charge in [-0.25, -0.2) is 29.5 Å². The van der Waals surface area contributed by atoms with Crippen LogP contribution in [-0.4, -0.2) is 46.1 Å². The van der Waals surface area contributed by atoms with Crippen LogP contribution in [0.4, 0.5) is 0 Å². The summed E-state index contributed by atoms with van der Waals surface area (Å²) in [5.41, 5.74) is 12.7. The maximum Gasteiger partial charge on any atom is 0.341 e. The van der Waals surface area contributed by atoms with E-state index in [2.05, 4.69) is 120 Å². The van der Waals surface area contributed by atoms with Crippen LogP contribution in [0.2, 0.25) is 0 Å². The van der Waals surface area contributed by atoms with E-state index in [1.807, 2.05) is 0 Å². The Bertz CT molecular complexity index is 2120. The van der Waals surface area contributed by atoms with E-state index in [0.29, 0.717) is 17.0 Å². The average Bonchev–Trinajstić information content (AvgIpc) is 3.85. The normalized spacial score (nSPS) is 18.9. The van der Waals surface area contributed by atoms with E-state index in [-0.39, 0.29) is 27.1 Å². The molecule has 0 unspecified atom stereocenters. The van der Waals surface area contributed by atoms with Crippen LogP contribution in [-0.2, 0) is 36.5 Å². The molecule has 0 spiro atoms. The quantitative estimate of drug-likeness (QED) is 0.182. The minimum atomic E-state index is -0.445. The predicted octanol–water partition coefficient (Wildman–Crippen LogP) is 9.20. The van der Waals surface area contributed by atoms with Gasteiger partial charge < -0.3 is 9.47 Å². The number of ether oxygens (including phenoxy) is 2. The Balaban J connectivity index is 0.000000182. The number of methoxy groups -OCH3 is 2. The van der Waals surface area contributed by atoms with E-state index < -0.39 is 11.9 Å². The highest BCUT2D eigenvalue weighted by atomic mass is 16.5. The summed E-state index contributed by atoms with van der Waals surface area (Å²) >= 11 is 0. The van der Waals surface area contributed by atoms with E-state index in [1.54, 1.807) is 12.4 Å². The van der Waals surface area contributed by atoms with Crippen LogP contribution < -0.4 is 0 Å². The first-order valence-corrected chi connectivity index (χ1v) is 18.5. The third kappa shape index (κ3) is 6.70. The van der Waals surface area contributed by atoms with Crippen molar-refractivity contribution >= 4 is 17.5 Å². The Morgan fingerprint density at radius 3 is 1.42 bits per heavy atom. The van der Waals surface area contributed by atoms with Gasteiger partial charge in [0.25, 0.3) is 0 Å². The van der Waals surface area contributed by atoms with Crippen LogP contribution in [0.15, 0.2) is 55.6 Å². The number of hydrogen-bond acceptors (Lipinski definition) is 8. The molecule has 3 aliphatic carbocycles. The molecule has 1 saturated carbocycles. The first-order chi connectivity index (χ1) is 24.7. The highest BCUT2D eigenvalue weighted by Crippen LogP contribution is 2.57. The Morgan fingerprint density at radius 2 is 0.981 bits per heavy atom. The molecule has 53 heavy (non-hydrogen) atoms. The lowest BCUT2D eigenvalue weighted by atomic mass is 9.81.